The van der Waals surface area contributed by atoms with Crippen LogP contribution in [0.25, 0.3) is 10.9 Å². The molecule has 0 aliphatic rings. The number of H-pyrrole nitrogens is 1. The van der Waals surface area contributed by atoms with Crippen LogP contribution >= 0.6 is 11.6 Å². The first kappa shape index (κ1) is 24.9. The number of ether oxygens (including phenoxy) is 1. The third kappa shape index (κ3) is 6.00. The summed E-state index contributed by atoms with van der Waals surface area (Å²) in [5.74, 6) is -0.319. The van der Waals surface area contributed by atoms with Gasteiger partial charge in [0, 0.05) is 15.9 Å². The van der Waals surface area contributed by atoms with Crippen molar-refractivity contribution in [2.75, 3.05) is 12.9 Å². The van der Waals surface area contributed by atoms with E-state index in [9.17, 15) is 26.4 Å². The van der Waals surface area contributed by atoms with Crippen molar-refractivity contribution in [2.45, 2.75) is 32.9 Å². The normalized spacial score (nSPS) is 12.2. The Morgan fingerprint density at radius 3 is 2.36 bits per heavy atom. The van der Waals surface area contributed by atoms with Gasteiger partial charge in [0.2, 0.25) is 10.0 Å². The van der Waals surface area contributed by atoms with Gasteiger partial charge in [0.15, 0.2) is 0 Å². The van der Waals surface area contributed by atoms with Crippen LogP contribution in [0.4, 0.5) is 13.2 Å². The summed E-state index contributed by atoms with van der Waals surface area (Å²) < 4.78 is 69.9. The first-order valence-electron chi connectivity index (χ1n) is 9.89. The van der Waals surface area contributed by atoms with Crippen LogP contribution in [0.15, 0.2) is 30.3 Å². The number of hydrogen-bond donors (Lipinski definition) is 2. The van der Waals surface area contributed by atoms with Gasteiger partial charge < -0.3 is 9.72 Å². The van der Waals surface area contributed by atoms with Crippen LogP contribution < -0.4 is 9.46 Å². The molecule has 0 atom stereocenters. The number of sulfonamides is 1. The molecule has 0 bridgehead atoms. The van der Waals surface area contributed by atoms with Crippen molar-refractivity contribution < 1.29 is 31.1 Å². The largest absolute Gasteiger partial charge is 0.494 e. The lowest BCUT2D eigenvalue weighted by molar-refractivity contribution is -0.137. The number of alkyl halides is 3. The topological polar surface area (TPSA) is 88.3 Å². The Hall–Kier alpha value is -2.72. The maximum Gasteiger partial charge on any atom is 0.416 e. The van der Waals surface area contributed by atoms with Gasteiger partial charge in [-0.25, -0.2) is 13.1 Å². The van der Waals surface area contributed by atoms with Gasteiger partial charge in [-0.1, -0.05) is 17.7 Å². The second kappa shape index (κ2) is 9.26. The first-order valence-corrected chi connectivity index (χ1v) is 12.2. The minimum Gasteiger partial charge on any atom is -0.494 e. The Bertz CT molecular complexity index is 1290. The van der Waals surface area contributed by atoms with Crippen molar-refractivity contribution >= 4 is 38.4 Å². The number of fused-ring (bicyclic) bond motifs is 1. The minimum atomic E-state index is -4.56. The zero-order valence-electron chi connectivity index (χ0n) is 18.1. The summed E-state index contributed by atoms with van der Waals surface area (Å²) in [6.07, 6.45) is -3.05. The van der Waals surface area contributed by atoms with E-state index in [-0.39, 0.29) is 24.2 Å². The fourth-order valence-corrected chi connectivity index (χ4v) is 4.08. The highest BCUT2D eigenvalue weighted by atomic mass is 35.5. The zero-order chi connectivity index (χ0) is 24.6. The maximum absolute atomic E-state index is 13.1. The molecule has 1 amide bonds. The first-order chi connectivity index (χ1) is 15.3. The molecule has 33 heavy (non-hydrogen) atoms. The monoisotopic (exact) mass is 502 g/mol. The minimum absolute atomic E-state index is 0.0864. The van der Waals surface area contributed by atoms with Crippen LogP contribution in [0.1, 0.15) is 39.2 Å². The van der Waals surface area contributed by atoms with Crippen molar-refractivity contribution in [1.82, 2.24) is 9.71 Å². The highest BCUT2D eigenvalue weighted by Gasteiger charge is 2.31. The van der Waals surface area contributed by atoms with Crippen LogP contribution in [0.2, 0.25) is 5.02 Å². The molecule has 0 radical (unpaired) electrons. The number of amides is 1. The van der Waals surface area contributed by atoms with Crippen molar-refractivity contribution in [1.29, 1.82) is 0 Å². The number of carbonyl (C=O) groups excluding carboxylic acids is 1. The van der Waals surface area contributed by atoms with Gasteiger partial charge in [-0.15, -0.1) is 0 Å². The number of nitrogens with one attached hydrogen (secondary N) is 2. The van der Waals surface area contributed by atoms with Crippen LogP contribution in [0.5, 0.6) is 5.75 Å². The third-order valence-corrected chi connectivity index (χ3v) is 6.14. The number of halogens is 4. The van der Waals surface area contributed by atoms with E-state index >= 15 is 0 Å². The predicted octanol–water partition coefficient (Wildman–Crippen LogP) is 5.16. The van der Waals surface area contributed by atoms with Crippen LogP contribution in [-0.4, -0.2) is 32.2 Å². The van der Waals surface area contributed by atoms with Crippen molar-refractivity contribution in [3.8, 4) is 5.75 Å². The Kier molecular flexibility index (Phi) is 6.99. The number of aromatic amines is 1. The summed E-state index contributed by atoms with van der Waals surface area (Å²) in [7, 11) is -3.87. The molecule has 0 aliphatic heterocycles. The Balaban J connectivity index is 1.86. The molecule has 178 valence electrons. The molecule has 1 aromatic heterocycles. The van der Waals surface area contributed by atoms with Gasteiger partial charge in [0.25, 0.3) is 5.91 Å². The fourth-order valence-electron chi connectivity index (χ4n) is 3.53. The molecule has 0 unspecified atom stereocenters. The average molecular weight is 503 g/mol. The molecule has 3 aromatic rings. The molecular formula is C22H22ClF3N2O4S. The van der Waals surface area contributed by atoms with Gasteiger partial charge in [0.1, 0.15) is 11.4 Å². The molecule has 3 rings (SSSR count). The van der Waals surface area contributed by atoms with Gasteiger partial charge in [-0.05, 0) is 67.6 Å². The molecule has 2 aromatic carbocycles. The SMILES string of the molecule is Cc1cc(OCCCc2c(C(=O)NS(C)(=O)=O)[nH]c3cc(C(F)(F)F)ccc23)cc(C)c1Cl. The fraction of sp³-hybridized carbons (Fsp3) is 0.318. The van der Waals surface area contributed by atoms with E-state index in [4.69, 9.17) is 16.3 Å². The lowest BCUT2D eigenvalue weighted by Gasteiger charge is -2.10. The summed E-state index contributed by atoms with van der Waals surface area (Å²) in [6.45, 7) is 3.98. The van der Waals surface area contributed by atoms with Crippen molar-refractivity contribution in [2.24, 2.45) is 0 Å². The molecule has 1 heterocycles. The molecule has 0 saturated heterocycles. The van der Waals surface area contributed by atoms with Gasteiger partial charge >= 0.3 is 6.18 Å². The van der Waals surface area contributed by atoms with E-state index in [1.54, 1.807) is 12.1 Å². The number of carbonyl (C=O) groups is 1. The average Bonchev–Trinajstić information content (AvgIpc) is 3.05. The number of hydrogen-bond acceptors (Lipinski definition) is 4. The van der Waals surface area contributed by atoms with E-state index in [0.29, 0.717) is 28.1 Å². The van der Waals surface area contributed by atoms with Crippen molar-refractivity contribution in [3.63, 3.8) is 0 Å². The molecule has 0 saturated carbocycles. The second-order valence-corrected chi connectivity index (χ2v) is 9.89. The summed E-state index contributed by atoms with van der Waals surface area (Å²) >= 11 is 6.16. The Labute approximate surface area is 194 Å². The number of aryl methyl sites for hydroxylation is 3. The number of aromatic nitrogens is 1. The smallest absolute Gasteiger partial charge is 0.416 e. The Morgan fingerprint density at radius 1 is 1.15 bits per heavy atom. The lowest BCUT2D eigenvalue weighted by Crippen LogP contribution is -2.30. The molecule has 2 N–H and O–H groups in total. The standard InChI is InChI=1S/C22H22ClF3N2O4S/c1-12-9-15(10-13(2)19(12)23)32-8-4-5-17-16-7-6-14(22(24,25)26)11-18(16)27-20(17)21(29)28-33(3,30)31/h6-7,9-11,27H,4-5,8H2,1-3H3,(H,28,29). The number of benzene rings is 2. The zero-order valence-corrected chi connectivity index (χ0v) is 19.6. The second-order valence-electron chi connectivity index (χ2n) is 7.76. The Morgan fingerprint density at radius 2 is 1.79 bits per heavy atom. The van der Waals surface area contributed by atoms with E-state index < -0.39 is 27.7 Å². The summed E-state index contributed by atoms with van der Waals surface area (Å²) in [6, 6.07) is 6.68. The van der Waals surface area contributed by atoms with E-state index in [1.807, 2.05) is 18.6 Å². The van der Waals surface area contributed by atoms with Crippen LogP contribution in [-0.2, 0) is 22.6 Å². The highest BCUT2D eigenvalue weighted by Crippen LogP contribution is 2.33. The summed E-state index contributed by atoms with van der Waals surface area (Å²) in [4.78, 5) is 15.2. The van der Waals surface area contributed by atoms with Crippen LogP contribution in [0, 0.1) is 13.8 Å². The quantitative estimate of drug-likeness (QED) is 0.437. The van der Waals surface area contributed by atoms with Crippen molar-refractivity contribution in [3.05, 3.63) is 63.3 Å². The lowest BCUT2D eigenvalue weighted by atomic mass is 10.0. The van der Waals surface area contributed by atoms with Gasteiger partial charge in [-0.2, -0.15) is 13.2 Å². The number of rotatable bonds is 7. The van der Waals surface area contributed by atoms with E-state index in [1.165, 1.54) is 6.07 Å². The third-order valence-electron chi connectivity index (χ3n) is 4.99. The molecule has 0 spiro atoms. The molecule has 0 aliphatic carbocycles. The van der Waals surface area contributed by atoms with E-state index in [2.05, 4.69) is 4.98 Å². The molecular weight excluding hydrogens is 481 g/mol. The molecule has 0 fully saturated rings. The van der Waals surface area contributed by atoms with Crippen LogP contribution in [0.3, 0.4) is 0 Å². The van der Waals surface area contributed by atoms with Gasteiger partial charge in [0.05, 0.1) is 18.4 Å². The maximum atomic E-state index is 13.1. The predicted molar refractivity (Wildman–Crippen MR) is 120 cm³/mol. The molecule has 11 heteroatoms. The summed E-state index contributed by atoms with van der Waals surface area (Å²) in [5, 5.41) is 1.06. The van der Waals surface area contributed by atoms with E-state index in [0.717, 1.165) is 29.5 Å². The summed E-state index contributed by atoms with van der Waals surface area (Å²) in [5.41, 5.74) is 1.24. The van der Waals surface area contributed by atoms with Gasteiger partial charge in [-0.3, -0.25) is 4.79 Å². The highest BCUT2D eigenvalue weighted by molar-refractivity contribution is 7.89. The molecule has 6 nitrogen and oxygen atoms in total.